The van der Waals surface area contributed by atoms with E-state index < -0.39 is 37.5 Å². The van der Waals surface area contributed by atoms with Gasteiger partial charge in [-0.1, -0.05) is 0 Å². The summed E-state index contributed by atoms with van der Waals surface area (Å²) < 4.78 is 39.2. The summed E-state index contributed by atoms with van der Waals surface area (Å²) in [5.41, 5.74) is -0.836. The maximum absolute atomic E-state index is 12.7. The number of nitro benzene ring substituents is 1. The van der Waals surface area contributed by atoms with Crippen molar-refractivity contribution in [2.24, 2.45) is 0 Å². The maximum Gasteiger partial charge on any atom is 0.427 e. The summed E-state index contributed by atoms with van der Waals surface area (Å²) in [5.74, 6) is -1.54. The number of nitrogens with one attached hydrogen (secondary N) is 1. The molecule has 0 aromatic heterocycles. The van der Waals surface area contributed by atoms with Crippen LogP contribution in [0.25, 0.3) is 0 Å². The average Bonchev–Trinajstić information content (AvgIpc) is 2.17. The predicted octanol–water partition coefficient (Wildman–Crippen LogP) is 1.31. The van der Waals surface area contributed by atoms with Gasteiger partial charge in [0.25, 0.3) is 0 Å². The fourth-order valence-corrected chi connectivity index (χ4v) is 1.37. The molecule has 11 heteroatoms. The Morgan fingerprint density at radius 1 is 1.50 bits per heavy atom. The maximum atomic E-state index is 12.7. The van der Waals surface area contributed by atoms with Crippen LogP contribution in [0, 0.1) is 15.9 Å². The predicted molar refractivity (Wildman–Crippen MR) is 57.0 cm³/mol. The Kier molecular flexibility index (Phi) is 4.03. The van der Waals surface area contributed by atoms with Crippen molar-refractivity contribution in [1.82, 2.24) is 4.72 Å². The van der Waals surface area contributed by atoms with Gasteiger partial charge in [-0.15, -0.1) is 0 Å². The number of nitro groups is 1. The molecule has 0 aliphatic rings. The molecule has 0 fully saturated rings. The van der Waals surface area contributed by atoms with Crippen LogP contribution in [0.3, 0.4) is 0 Å². The average molecular weight is 299 g/mol. The molecule has 0 atom stereocenters. The monoisotopic (exact) mass is 298 g/mol. The van der Waals surface area contributed by atoms with Gasteiger partial charge in [0.15, 0.2) is 0 Å². The lowest BCUT2D eigenvalue weighted by molar-refractivity contribution is -0.385. The molecule has 0 aliphatic heterocycles. The van der Waals surface area contributed by atoms with Gasteiger partial charge in [0, 0.05) is 10.7 Å². The summed E-state index contributed by atoms with van der Waals surface area (Å²) in [4.78, 5) is 20.5. The molecule has 1 aromatic carbocycles. The number of hydrogen-bond acceptors (Lipinski definition) is 6. The van der Waals surface area contributed by atoms with Crippen LogP contribution < -0.4 is 9.46 Å². The SMILES string of the molecule is O=C(NS(=O)(=O)Cl)Oc1ccc(F)cc1[N+](=O)[O-]. The summed E-state index contributed by atoms with van der Waals surface area (Å²) in [6.45, 7) is 0. The number of ether oxygens (including phenoxy) is 1. The van der Waals surface area contributed by atoms with Crippen LogP contribution >= 0.6 is 10.7 Å². The molecular formula is C7H4ClFN2O6S. The van der Waals surface area contributed by atoms with Gasteiger partial charge < -0.3 is 4.74 Å². The molecule has 0 radical (unpaired) electrons. The zero-order valence-electron chi connectivity index (χ0n) is 8.29. The van der Waals surface area contributed by atoms with E-state index in [0.717, 1.165) is 12.1 Å². The highest BCUT2D eigenvalue weighted by molar-refractivity contribution is 8.12. The van der Waals surface area contributed by atoms with E-state index in [-0.39, 0.29) is 0 Å². The molecule has 0 saturated carbocycles. The summed E-state index contributed by atoms with van der Waals surface area (Å²) in [7, 11) is 0.307. The van der Waals surface area contributed by atoms with E-state index in [1.54, 1.807) is 0 Å². The molecule has 0 spiro atoms. The van der Waals surface area contributed by atoms with E-state index in [0.29, 0.717) is 6.07 Å². The smallest absolute Gasteiger partial charge is 0.402 e. The molecule has 98 valence electrons. The van der Waals surface area contributed by atoms with Crippen molar-refractivity contribution >= 4 is 31.7 Å². The van der Waals surface area contributed by atoms with Gasteiger partial charge in [-0.25, -0.2) is 13.9 Å². The lowest BCUT2D eigenvalue weighted by atomic mass is 10.3. The van der Waals surface area contributed by atoms with Crippen LogP contribution in [0.5, 0.6) is 5.75 Å². The zero-order chi connectivity index (χ0) is 13.9. The Hall–Kier alpha value is -1.94. The highest BCUT2D eigenvalue weighted by Crippen LogP contribution is 2.27. The van der Waals surface area contributed by atoms with Crippen molar-refractivity contribution in [3.05, 3.63) is 34.1 Å². The molecule has 0 aliphatic carbocycles. The van der Waals surface area contributed by atoms with E-state index in [1.807, 2.05) is 0 Å². The molecule has 1 N–H and O–H groups in total. The Bertz CT molecular complexity index is 604. The van der Waals surface area contributed by atoms with E-state index in [4.69, 9.17) is 0 Å². The highest BCUT2D eigenvalue weighted by atomic mass is 35.7. The van der Waals surface area contributed by atoms with Crippen molar-refractivity contribution in [2.45, 2.75) is 0 Å². The number of halogens is 2. The quantitative estimate of drug-likeness (QED) is 0.511. The minimum Gasteiger partial charge on any atom is -0.402 e. The second-order valence-corrected chi connectivity index (χ2v) is 5.10. The van der Waals surface area contributed by atoms with Crippen molar-refractivity contribution < 1.29 is 27.3 Å². The Morgan fingerprint density at radius 3 is 2.61 bits per heavy atom. The standard InChI is InChI=1S/C7H4ClFN2O6S/c8-18(15,16)10-7(12)17-6-2-1-4(9)3-5(6)11(13)14/h1-3H,(H,10,12). The molecule has 18 heavy (non-hydrogen) atoms. The van der Waals surface area contributed by atoms with Gasteiger partial charge in [-0.2, -0.15) is 8.42 Å². The topological polar surface area (TPSA) is 116 Å². The van der Waals surface area contributed by atoms with Crippen molar-refractivity contribution in [3.8, 4) is 5.75 Å². The first-order valence-electron chi connectivity index (χ1n) is 4.07. The van der Waals surface area contributed by atoms with Crippen LogP contribution in [-0.2, 0) is 9.24 Å². The van der Waals surface area contributed by atoms with Crippen LogP contribution in [0.2, 0.25) is 0 Å². The first kappa shape index (κ1) is 14.1. The number of hydrogen-bond donors (Lipinski definition) is 1. The van der Waals surface area contributed by atoms with Gasteiger partial charge in [0.1, 0.15) is 5.82 Å². The van der Waals surface area contributed by atoms with Crippen LogP contribution in [0.15, 0.2) is 18.2 Å². The second-order valence-electron chi connectivity index (χ2n) is 2.80. The first-order valence-corrected chi connectivity index (χ1v) is 6.38. The minimum absolute atomic E-state index is 0.512. The molecular weight excluding hydrogens is 295 g/mol. The zero-order valence-corrected chi connectivity index (χ0v) is 9.87. The second kappa shape index (κ2) is 5.14. The third kappa shape index (κ3) is 4.14. The summed E-state index contributed by atoms with van der Waals surface area (Å²) in [6.07, 6.45) is -1.56. The molecule has 0 bridgehead atoms. The number of rotatable bonds is 3. The van der Waals surface area contributed by atoms with Crippen LogP contribution in [-0.4, -0.2) is 19.4 Å². The van der Waals surface area contributed by atoms with E-state index >= 15 is 0 Å². The molecule has 0 unspecified atom stereocenters. The van der Waals surface area contributed by atoms with Gasteiger partial charge in [0.2, 0.25) is 5.75 Å². The lowest BCUT2D eigenvalue weighted by Gasteiger charge is -2.04. The summed E-state index contributed by atoms with van der Waals surface area (Å²) in [5, 5.41) is 10.5. The largest absolute Gasteiger partial charge is 0.427 e. The van der Waals surface area contributed by atoms with E-state index in [9.17, 15) is 27.7 Å². The van der Waals surface area contributed by atoms with Crippen LogP contribution in [0.1, 0.15) is 0 Å². The van der Waals surface area contributed by atoms with E-state index in [1.165, 1.54) is 4.72 Å². The fourth-order valence-electron chi connectivity index (χ4n) is 0.940. The number of benzene rings is 1. The third-order valence-electron chi connectivity index (χ3n) is 1.53. The van der Waals surface area contributed by atoms with Gasteiger partial charge in [-0.3, -0.25) is 10.1 Å². The lowest BCUT2D eigenvalue weighted by Crippen LogP contribution is -2.29. The fraction of sp³-hybridized carbons (Fsp3) is 0. The minimum atomic E-state index is -4.38. The van der Waals surface area contributed by atoms with Crippen molar-refractivity contribution in [3.63, 3.8) is 0 Å². The molecule has 1 amide bonds. The van der Waals surface area contributed by atoms with Crippen molar-refractivity contribution in [2.75, 3.05) is 0 Å². The highest BCUT2D eigenvalue weighted by Gasteiger charge is 2.21. The number of carbonyl (C=O) groups is 1. The Labute approximate surface area is 104 Å². The normalized spacial score (nSPS) is 10.8. The molecule has 1 rings (SSSR count). The number of nitrogens with zero attached hydrogens (tertiary/aromatic N) is 1. The Balaban J connectivity index is 2.98. The molecule has 0 heterocycles. The van der Waals surface area contributed by atoms with Gasteiger partial charge >= 0.3 is 21.0 Å². The Morgan fingerprint density at radius 2 is 2.11 bits per heavy atom. The van der Waals surface area contributed by atoms with E-state index in [2.05, 4.69) is 15.4 Å². The molecule has 8 nitrogen and oxygen atoms in total. The van der Waals surface area contributed by atoms with Crippen molar-refractivity contribution in [1.29, 1.82) is 0 Å². The number of carbonyl (C=O) groups excluding carboxylic acids is 1. The third-order valence-corrected chi connectivity index (χ3v) is 2.17. The van der Waals surface area contributed by atoms with Crippen LogP contribution in [0.4, 0.5) is 14.9 Å². The summed E-state index contributed by atoms with van der Waals surface area (Å²) in [6, 6.07) is 2.11. The summed E-state index contributed by atoms with van der Waals surface area (Å²) >= 11 is 0. The first-order chi connectivity index (χ1) is 8.19. The molecule has 0 saturated heterocycles. The number of amides is 1. The van der Waals surface area contributed by atoms with Gasteiger partial charge in [-0.05, 0) is 12.1 Å². The van der Waals surface area contributed by atoms with Gasteiger partial charge in [0.05, 0.1) is 11.0 Å². The molecule has 1 aromatic rings.